The maximum atomic E-state index is 12.9. The lowest BCUT2D eigenvalue weighted by atomic mass is 9.80. The third-order valence-electron chi connectivity index (χ3n) is 6.11. The van der Waals surface area contributed by atoms with Gasteiger partial charge in [0.15, 0.2) is 0 Å². The highest BCUT2D eigenvalue weighted by Gasteiger charge is 2.36. The largest absolute Gasteiger partial charge is 0.339 e. The molecule has 4 aromatic heterocycles. The summed E-state index contributed by atoms with van der Waals surface area (Å²) in [5.41, 5.74) is 3.57. The van der Waals surface area contributed by atoms with Gasteiger partial charge in [-0.25, -0.2) is 14.6 Å². The Hall–Kier alpha value is -4.34. The third-order valence-corrected chi connectivity index (χ3v) is 6.11. The van der Waals surface area contributed by atoms with E-state index in [1.165, 1.54) is 0 Å². The molecule has 1 aromatic carbocycles. The van der Waals surface area contributed by atoms with Crippen molar-refractivity contribution >= 4 is 17.2 Å². The van der Waals surface area contributed by atoms with Gasteiger partial charge in [0.05, 0.1) is 12.2 Å². The van der Waals surface area contributed by atoms with Gasteiger partial charge in [-0.05, 0) is 43.5 Å². The molecule has 4 heterocycles. The van der Waals surface area contributed by atoms with Crippen LogP contribution in [0.2, 0.25) is 0 Å². The van der Waals surface area contributed by atoms with E-state index >= 15 is 0 Å². The van der Waals surface area contributed by atoms with Gasteiger partial charge in [-0.15, -0.1) is 0 Å². The zero-order valence-electron chi connectivity index (χ0n) is 17.8. The second kappa shape index (κ2) is 7.66. The van der Waals surface area contributed by atoms with Gasteiger partial charge in [0, 0.05) is 23.4 Å². The van der Waals surface area contributed by atoms with E-state index in [9.17, 15) is 4.79 Å². The predicted molar refractivity (Wildman–Crippen MR) is 119 cm³/mol. The van der Waals surface area contributed by atoms with Crippen molar-refractivity contribution in [2.45, 2.75) is 31.7 Å². The van der Waals surface area contributed by atoms with Crippen LogP contribution in [0, 0.1) is 6.92 Å². The number of hydrogen-bond donors (Lipinski definition) is 1. The zero-order chi connectivity index (χ0) is 22.4. The number of amides is 1. The van der Waals surface area contributed by atoms with Crippen molar-refractivity contribution in [3.63, 3.8) is 0 Å². The molecule has 1 N–H and O–H groups in total. The third kappa shape index (κ3) is 3.45. The maximum Gasteiger partial charge on any atom is 0.274 e. The van der Waals surface area contributed by atoms with Gasteiger partial charge in [-0.2, -0.15) is 10.1 Å². The van der Waals surface area contributed by atoms with E-state index in [1.54, 1.807) is 23.3 Å². The van der Waals surface area contributed by atoms with Crippen LogP contribution in [0.1, 0.15) is 46.7 Å². The summed E-state index contributed by atoms with van der Waals surface area (Å²) in [6.45, 7) is 1.94. The van der Waals surface area contributed by atoms with E-state index < -0.39 is 0 Å². The number of pyridine rings is 1. The number of anilines is 1. The number of fused-ring (bicyclic) bond motifs is 1. The lowest BCUT2D eigenvalue weighted by Gasteiger charge is -2.32. The first-order chi connectivity index (χ1) is 16.2. The molecule has 0 spiro atoms. The number of nitrogens with one attached hydrogen (secondary N) is 1. The fourth-order valence-electron chi connectivity index (χ4n) is 4.11. The van der Waals surface area contributed by atoms with Crippen LogP contribution in [-0.2, 0) is 0 Å². The van der Waals surface area contributed by atoms with Crippen LogP contribution in [0.4, 0.5) is 5.69 Å². The minimum atomic E-state index is -0.239. The Labute approximate surface area is 188 Å². The van der Waals surface area contributed by atoms with Crippen molar-refractivity contribution in [3.8, 4) is 11.4 Å². The monoisotopic (exact) mass is 440 g/mol. The van der Waals surface area contributed by atoms with E-state index in [-0.39, 0.29) is 11.8 Å². The van der Waals surface area contributed by atoms with Gasteiger partial charge >= 0.3 is 0 Å². The number of aromatic nitrogens is 7. The van der Waals surface area contributed by atoms with E-state index in [1.807, 2.05) is 54.2 Å². The molecule has 10 nitrogen and oxygen atoms in total. The number of imidazole rings is 1. The van der Waals surface area contributed by atoms with Gasteiger partial charge in [0.1, 0.15) is 24.0 Å². The average Bonchev–Trinajstić information content (AvgIpc) is 3.55. The molecule has 1 aliphatic rings. The van der Waals surface area contributed by atoms with Crippen LogP contribution in [0.3, 0.4) is 0 Å². The van der Waals surface area contributed by atoms with Gasteiger partial charge in [-0.3, -0.25) is 9.20 Å². The highest BCUT2D eigenvalue weighted by molar-refractivity contribution is 6.04. The Morgan fingerprint density at radius 2 is 2.12 bits per heavy atom. The molecule has 1 fully saturated rings. The van der Waals surface area contributed by atoms with Crippen LogP contribution in [0.25, 0.3) is 17.0 Å². The summed E-state index contributed by atoms with van der Waals surface area (Å²) < 4.78 is 9.16. The van der Waals surface area contributed by atoms with Crippen molar-refractivity contribution < 1.29 is 9.32 Å². The van der Waals surface area contributed by atoms with Crippen molar-refractivity contribution in [1.82, 2.24) is 34.3 Å². The van der Waals surface area contributed by atoms with Crippen LogP contribution < -0.4 is 5.32 Å². The smallest absolute Gasteiger partial charge is 0.274 e. The topological polar surface area (TPSA) is 116 Å². The summed E-state index contributed by atoms with van der Waals surface area (Å²) in [4.78, 5) is 25.8. The molecule has 33 heavy (non-hydrogen) atoms. The fourth-order valence-corrected chi connectivity index (χ4v) is 4.11. The van der Waals surface area contributed by atoms with Crippen molar-refractivity contribution in [3.05, 3.63) is 78.6 Å². The molecule has 0 unspecified atom stereocenters. The minimum absolute atomic E-state index is 0.209. The molecule has 0 saturated heterocycles. The van der Waals surface area contributed by atoms with Gasteiger partial charge in [0.2, 0.25) is 11.7 Å². The normalized spacial score (nSPS) is 17.7. The Kier molecular flexibility index (Phi) is 4.49. The summed E-state index contributed by atoms with van der Waals surface area (Å²) in [7, 11) is 0. The maximum absolute atomic E-state index is 12.9. The molecule has 164 valence electrons. The highest BCUT2D eigenvalue weighted by Crippen LogP contribution is 2.43. The molecule has 1 amide bonds. The van der Waals surface area contributed by atoms with E-state index in [2.05, 4.69) is 30.5 Å². The Morgan fingerprint density at radius 1 is 1.21 bits per heavy atom. The molecular formula is C23H20N8O2. The quantitative estimate of drug-likeness (QED) is 0.443. The lowest BCUT2D eigenvalue weighted by molar-refractivity contribution is 0.102. The average molecular weight is 440 g/mol. The summed E-state index contributed by atoms with van der Waals surface area (Å²) in [6, 6.07) is 11.6. The first-order valence-electron chi connectivity index (χ1n) is 10.7. The Balaban J connectivity index is 1.20. The van der Waals surface area contributed by atoms with Crippen LogP contribution >= 0.6 is 0 Å². The van der Waals surface area contributed by atoms with Crippen LogP contribution in [-0.4, -0.2) is 40.2 Å². The lowest BCUT2D eigenvalue weighted by Crippen LogP contribution is -2.25. The molecule has 5 aromatic rings. The van der Waals surface area contributed by atoms with Gasteiger partial charge in [-0.1, -0.05) is 23.4 Å². The van der Waals surface area contributed by atoms with Crippen molar-refractivity contribution in [2.75, 3.05) is 5.32 Å². The molecule has 1 saturated carbocycles. The number of carbonyl (C=O) groups excluding carboxylic acids is 1. The second-order valence-electron chi connectivity index (χ2n) is 8.21. The standard InChI is InChI=1S/C23H20N8O2/c1-14-5-6-15(10-18(14)27-22(32)19-11-25-20-4-2-3-7-30(19)20)21-28-23(33-29-21)16-8-17(9-16)31-13-24-12-26-31/h2-7,10-13,16-17H,8-9H2,1H3,(H,27,32). The first kappa shape index (κ1) is 19.4. The Bertz CT molecular complexity index is 1450. The van der Waals surface area contributed by atoms with E-state index in [0.717, 1.165) is 29.6 Å². The number of benzene rings is 1. The summed E-state index contributed by atoms with van der Waals surface area (Å²) >= 11 is 0. The number of carbonyl (C=O) groups is 1. The molecular weight excluding hydrogens is 420 g/mol. The number of hydrogen-bond acceptors (Lipinski definition) is 7. The van der Waals surface area contributed by atoms with Gasteiger partial charge in [0.25, 0.3) is 5.91 Å². The predicted octanol–water partition coefficient (Wildman–Crippen LogP) is 3.66. The summed E-state index contributed by atoms with van der Waals surface area (Å²) in [6.07, 6.45) is 8.44. The minimum Gasteiger partial charge on any atom is -0.339 e. The molecule has 0 aliphatic heterocycles. The first-order valence-corrected chi connectivity index (χ1v) is 10.7. The summed E-state index contributed by atoms with van der Waals surface area (Å²) in [5.74, 6) is 1.09. The molecule has 0 radical (unpaired) electrons. The number of aryl methyl sites for hydroxylation is 1. The Morgan fingerprint density at radius 3 is 2.97 bits per heavy atom. The van der Waals surface area contributed by atoms with E-state index in [4.69, 9.17) is 4.52 Å². The molecule has 6 rings (SSSR count). The van der Waals surface area contributed by atoms with Crippen molar-refractivity contribution in [1.29, 1.82) is 0 Å². The summed E-state index contributed by atoms with van der Waals surface area (Å²) in [5, 5.41) is 11.4. The van der Waals surface area contributed by atoms with Crippen molar-refractivity contribution in [2.24, 2.45) is 0 Å². The SMILES string of the molecule is Cc1ccc(-c2noc(C3CC(n4cncn4)C3)n2)cc1NC(=O)c1cnc2ccccn12. The van der Waals surface area contributed by atoms with E-state index in [0.29, 0.717) is 29.1 Å². The molecule has 0 atom stereocenters. The number of rotatable bonds is 5. The molecule has 1 aliphatic carbocycles. The number of nitrogens with zero attached hydrogens (tertiary/aromatic N) is 7. The molecule has 10 heteroatoms. The molecule has 0 bridgehead atoms. The second-order valence-corrected chi connectivity index (χ2v) is 8.21. The van der Waals surface area contributed by atoms with Gasteiger partial charge < -0.3 is 9.84 Å². The zero-order valence-corrected chi connectivity index (χ0v) is 17.8. The van der Waals surface area contributed by atoms with Crippen LogP contribution in [0.15, 0.2) is 66.0 Å². The fraction of sp³-hybridized carbons (Fsp3) is 0.217. The van der Waals surface area contributed by atoms with Crippen LogP contribution in [0.5, 0.6) is 0 Å². The highest BCUT2D eigenvalue weighted by atomic mass is 16.5.